The van der Waals surface area contributed by atoms with Gasteiger partial charge in [0.1, 0.15) is 5.60 Å². The summed E-state index contributed by atoms with van der Waals surface area (Å²) < 4.78 is 5.71. The minimum Gasteiger partial charge on any atom is -0.368 e. The number of rotatable bonds is 4. The Hall–Kier alpha value is -0.610. The number of hydrogen-bond donors (Lipinski definition) is 2. The summed E-state index contributed by atoms with van der Waals surface area (Å²) in [5.41, 5.74) is -0.242. The fraction of sp³-hybridized carbons (Fsp3) is 0.947. The Kier molecular flexibility index (Phi) is 3.96. The second kappa shape index (κ2) is 5.73. The normalized spacial score (nSPS) is 42.4. The molecule has 1 aliphatic heterocycles. The zero-order valence-electron chi connectivity index (χ0n) is 14.7. The first kappa shape index (κ1) is 15.9. The lowest BCUT2D eigenvalue weighted by Gasteiger charge is -2.59. The van der Waals surface area contributed by atoms with Crippen molar-refractivity contribution in [2.75, 3.05) is 20.2 Å². The summed E-state index contributed by atoms with van der Waals surface area (Å²) in [7, 11) is 1.69. The van der Waals surface area contributed by atoms with Gasteiger partial charge in [-0.15, -0.1) is 0 Å². The third-order valence-electron chi connectivity index (χ3n) is 7.57. The lowest BCUT2D eigenvalue weighted by Crippen LogP contribution is -2.61. The van der Waals surface area contributed by atoms with Crippen LogP contribution in [0, 0.1) is 23.2 Å². The molecule has 0 aromatic rings. The van der Waals surface area contributed by atoms with Crippen molar-refractivity contribution in [1.82, 2.24) is 10.6 Å². The topological polar surface area (TPSA) is 50.4 Å². The van der Waals surface area contributed by atoms with E-state index in [0.717, 1.165) is 43.7 Å². The molecule has 1 atom stereocenters. The molecule has 2 N–H and O–H groups in total. The molecule has 4 nitrogen and oxygen atoms in total. The van der Waals surface area contributed by atoms with Crippen molar-refractivity contribution in [2.45, 2.75) is 69.9 Å². The number of nitrogens with one attached hydrogen (secondary N) is 2. The highest BCUT2D eigenvalue weighted by Gasteiger charge is 2.54. The van der Waals surface area contributed by atoms with Gasteiger partial charge < -0.3 is 15.4 Å². The number of hydrogen-bond acceptors (Lipinski definition) is 3. The molecule has 5 fully saturated rings. The number of piperidine rings is 1. The lowest BCUT2D eigenvalue weighted by molar-refractivity contribution is -0.150. The van der Waals surface area contributed by atoms with E-state index in [0.29, 0.717) is 5.41 Å². The predicted octanol–water partition coefficient (Wildman–Crippen LogP) is 2.48. The minimum absolute atomic E-state index is 0.129. The molecule has 5 rings (SSSR count). The molecule has 23 heavy (non-hydrogen) atoms. The van der Waals surface area contributed by atoms with Crippen LogP contribution in [-0.2, 0) is 9.53 Å². The molecule has 0 aromatic carbocycles. The Morgan fingerprint density at radius 2 is 1.61 bits per heavy atom. The Bertz CT molecular complexity index is 435. The van der Waals surface area contributed by atoms with E-state index in [4.69, 9.17) is 4.74 Å². The molecule has 1 saturated heterocycles. The summed E-state index contributed by atoms with van der Waals surface area (Å²) in [6, 6.07) is 0.283. The second-order valence-electron chi connectivity index (χ2n) is 8.92. The zero-order chi connectivity index (χ0) is 16.1. The van der Waals surface area contributed by atoms with Gasteiger partial charge in [-0.05, 0) is 94.5 Å². The smallest absolute Gasteiger partial charge is 0.252 e. The molecule has 0 aromatic heterocycles. The van der Waals surface area contributed by atoms with Crippen LogP contribution >= 0.6 is 0 Å². The third kappa shape index (κ3) is 2.62. The van der Waals surface area contributed by atoms with Crippen molar-refractivity contribution in [3.63, 3.8) is 0 Å². The van der Waals surface area contributed by atoms with Crippen LogP contribution in [0.1, 0.15) is 58.3 Å². The van der Waals surface area contributed by atoms with E-state index in [2.05, 4.69) is 17.6 Å². The van der Waals surface area contributed by atoms with Crippen molar-refractivity contribution in [3.8, 4) is 0 Å². The molecule has 5 aliphatic rings. The zero-order valence-corrected chi connectivity index (χ0v) is 14.7. The van der Waals surface area contributed by atoms with Gasteiger partial charge in [-0.1, -0.05) is 0 Å². The van der Waals surface area contributed by atoms with E-state index >= 15 is 0 Å². The van der Waals surface area contributed by atoms with E-state index in [1.165, 1.54) is 38.5 Å². The number of carbonyl (C=O) groups excluding carboxylic acids is 1. The van der Waals surface area contributed by atoms with E-state index < -0.39 is 5.60 Å². The summed E-state index contributed by atoms with van der Waals surface area (Å²) >= 11 is 0. The molecule has 130 valence electrons. The van der Waals surface area contributed by atoms with Gasteiger partial charge in [0, 0.05) is 13.2 Å². The fourth-order valence-corrected chi connectivity index (χ4v) is 6.54. The van der Waals surface area contributed by atoms with Crippen LogP contribution in [0.15, 0.2) is 0 Å². The number of ether oxygens (including phenoxy) is 1. The first-order chi connectivity index (χ1) is 11.1. The van der Waals surface area contributed by atoms with Crippen molar-refractivity contribution in [2.24, 2.45) is 23.2 Å². The summed E-state index contributed by atoms with van der Waals surface area (Å²) in [5, 5.41) is 6.74. The minimum atomic E-state index is -0.609. The van der Waals surface area contributed by atoms with Crippen LogP contribution in [0.2, 0.25) is 0 Å². The maximum absolute atomic E-state index is 13.0. The second-order valence-corrected chi connectivity index (χ2v) is 8.92. The van der Waals surface area contributed by atoms with Crippen LogP contribution in [0.25, 0.3) is 0 Å². The first-order valence-electron chi connectivity index (χ1n) is 9.62. The summed E-state index contributed by atoms with van der Waals surface area (Å²) in [5.74, 6) is 2.91. The van der Waals surface area contributed by atoms with Crippen molar-refractivity contribution >= 4 is 5.91 Å². The Morgan fingerprint density at radius 3 is 2.09 bits per heavy atom. The van der Waals surface area contributed by atoms with Crippen LogP contribution in [0.5, 0.6) is 0 Å². The molecule has 4 saturated carbocycles. The summed E-state index contributed by atoms with van der Waals surface area (Å²) in [6.45, 7) is 4.00. The average Bonchev–Trinajstić information content (AvgIpc) is 2.54. The van der Waals surface area contributed by atoms with Crippen molar-refractivity contribution < 1.29 is 9.53 Å². The van der Waals surface area contributed by atoms with Gasteiger partial charge in [0.15, 0.2) is 0 Å². The molecule has 0 spiro atoms. The molecule has 4 aliphatic carbocycles. The van der Waals surface area contributed by atoms with E-state index in [1.807, 2.05) is 0 Å². The van der Waals surface area contributed by atoms with Gasteiger partial charge in [-0.25, -0.2) is 0 Å². The van der Waals surface area contributed by atoms with Crippen molar-refractivity contribution in [1.29, 1.82) is 0 Å². The maximum Gasteiger partial charge on any atom is 0.252 e. The van der Waals surface area contributed by atoms with Crippen LogP contribution in [0.3, 0.4) is 0 Å². The van der Waals surface area contributed by atoms with E-state index in [9.17, 15) is 4.79 Å². The number of carbonyl (C=O) groups is 1. The number of methoxy groups -OCH3 is 1. The largest absolute Gasteiger partial charge is 0.368 e. The van der Waals surface area contributed by atoms with Gasteiger partial charge in [0.05, 0.1) is 0 Å². The van der Waals surface area contributed by atoms with Gasteiger partial charge in [0.25, 0.3) is 5.91 Å². The van der Waals surface area contributed by atoms with Crippen LogP contribution in [0.4, 0.5) is 0 Å². The number of amides is 1. The monoisotopic (exact) mass is 320 g/mol. The van der Waals surface area contributed by atoms with Crippen LogP contribution in [-0.4, -0.2) is 37.7 Å². The fourth-order valence-electron chi connectivity index (χ4n) is 6.54. The molecular weight excluding hydrogens is 288 g/mol. The standard InChI is InChI=1S/C19H32N2O2/c1-13(21-17(22)19(23-2)3-5-20-6-4-19)18-10-14-7-15(11-18)9-16(8-14)12-18/h13-16,20H,3-12H2,1-2H3,(H,21,22). The molecule has 1 amide bonds. The van der Waals surface area contributed by atoms with Gasteiger partial charge >= 0.3 is 0 Å². The van der Waals surface area contributed by atoms with Gasteiger partial charge in [-0.2, -0.15) is 0 Å². The Balaban J connectivity index is 1.47. The molecule has 1 heterocycles. The van der Waals surface area contributed by atoms with Gasteiger partial charge in [-0.3, -0.25) is 4.79 Å². The summed E-state index contributed by atoms with van der Waals surface area (Å²) in [6.07, 6.45) is 9.92. The Morgan fingerprint density at radius 1 is 1.09 bits per heavy atom. The third-order valence-corrected chi connectivity index (χ3v) is 7.57. The SMILES string of the molecule is COC1(C(=O)NC(C)C23CC4CC(CC(C4)C2)C3)CCNCC1. The molecule has 1 unspecified atom stereocenters. The molecular formula is C19H32N2O2. The van der Waals surface area contributed by atoms with E-state index in [1.54, 1.807) is 7.11 Å². The van der Waals surface area contributed by atoms with E-state index in [-0.39, 0.29) is 11.9 Å². The molecule has 4 bridgehead atoms. The highest BCUT2D eigenvalue weighted by Crippen LogP contribution is 2.61. The average molecular weight is 320 g/mol. The van der Waals surface area contributed by atoms with Gasteiger partial charge in [0.2, 0.25) is 0 Å². The molecule has 0 radical (unpaired) electrons. The Labute approximate surface area is 140 Å². The summed E-state index contributed by atoms with van der Waals surface area (Å²) in [4.78, 5) is 13.0. The maximum atomic E-state index is 13.0. The highest BCUT2D eigenvalue weighted by molar-refractivity contribution is 5.85. The van der Waals surface area contributed by atoms with Crippen molar-refractivity contribution in [3.05, 3.63) is 0 Å². The highest BCUT2D eigenvalue weighted by atomic mass is 16.5. The molecule has 4 heteroatoms. The lowest BCUT2D eigenvalue weighted by atomic mass is 9.48. The predicted molar refractivity (Wildman–Crippen MR) is 90.1 cm³/mol. The first-order valence-corrected chi connectivity index (χ1v) is 9.62. The van der Waals surface area contributed by atoms with Crippen LogP contribution < -0.4 is 10.6 Å². The quantitative estimate of drug-likeness (QED) is 0.837.